The van der Waals surface area contributed by atoms with Crippen molar-refractivity contribution in [1.82, 2.24) is 4.90 Å². The zero-order valence-corrected chi connectivity index (χ0v) is 20.4. The number of rotatable bonds is 10. The Morgan fingerprint density at radius 2 is 1.80 bits per heavy atom. The number of hydrogen-bond donors (Lipinski definition) is 0. The summed E-state index contributed by atoms with van der Waals surface area (Å²) in [5.74, 6) is -0.231. The third-order valence-corrected chi connectivity index (χ3v) is 6.67. The maximum absolute atomic E-state index is 12.9. The summed E-state index contributed by atoms with van der Waals surface area (Å²) in [6.07, 6.45) is 4.31. The van der Waals surface area contributed by atoms with E-state index < -0.39 is 5.97 Å². The lowest BCUT2D eigenvalue weighted by Crippen LogP contribution is -2.38. The summed E-state index contributed by atoms with van der Waals surface area (Å²) in [4.78, 5) is 41.3. The highest BCUT2D eigenvalue weighted by Crippen LogP contribution is 2.30. The van der Waals surface area contributed by atoms with Gasteiger partial charge in [0, 0.05) is 24.8 Å². The quantitative estimate of drug-likeness (QED) is 0.288. The first-order chi connectivity index (χ1) is 17.0. The summed E-state index contributed by atoms with van der Waals surface area (Å²) >= 11 is 0. The van der Waals surface area contributed by atoms with Crippen molar-refractivity contribution < 1.29 is 23.9 Å². The highest BCUT2D eigenvalue weighted by molar-refractivity contribution is 6.22. The van der Waals surface area contributed by atoms with Gasteiger partial charge in [0.05, 0.1) is 24.5 Å². The number of carbonyl (C=O) groups is 3. The summed E-state index contributed by atoms with van der Waals surface area (Å²) in [6.45, 7) is 5.73. The predicted molar refractivity (Wildman–Crippen MR) is 133 cm³/mol. The molecule has 0 saturated carbocycles. The standard InChI is InChI=1S/C28H34N2O5/c1-21-18-26(31)30(27(21)32)25-14-6-5-13-24(25)28(33)35-20-22-10-9-16-29(19-22)15-7-8-17-34-23-11-3-2-4-12-23/h2-6,11-14,21-22H,7-10,15-20H2,1H3. The van der Waals surface area contributed by atoms with Gasteiger partial charge in [-0.1, -0.05) is 37.3 Å². The van der Waals surface area contributed by atoms with Crippen molar-refractivity contribution in [2.45, 2.75) is 39.0 Å². The van der Waals surface area contributed by atoms with Crippen LogP contribution in [0.25, 0.3) is 0 Å². The molecule has 0 N–H and O–H groups in total. The second-order valence-corrected chi connectivity index (χ2v) is 9.47. The van der Waals surface area contributed by atoms with E-state index in [1.807, 2.05) is 30.3 Å². The van der Waals surface area contributed by atoms with Crippen molar-refractivity contribution in [2.75, 3.05) is 37.7 Å². The first-order valence-electron chi connectivity index (χ1n) is 12.6. The summed E-state index contributed by atoms with van der Waals surface area (Å²) in [5.41, 5.74) is 0.578. The Bertz CT molecular complexity index is 1030. The van der Waals surface area contributed by atoms with Gasteiger partial charge in [-0.3, -0.25) is 9.59 Å². The lowest BCUT2D eigenvalue weighted by Gasteiger charge is -2.32. The molecular formula is C28H34N2O5. The molecule has 2 heterocycles. The van der Waals surface area contributed by atoms with Crippen molar-refractivity contribution in [3.63, 3.8) is 0 Å². The molecule has 2 fully saturated rings. The topological polar surface area (TPSA) is 76.2 Å². The maximum Gasteiger partial charge on any atom is 0.340 e. The van der Waals surface area contributed by atoms with Gasteiger partial charge in [0.15, 0.2) is 0 Å². The minimum Gasteiger partial charge on any atom is -0.494 e. The lowest BCUT2D eigenvalue weighted by molar-refractivity contribution is -0.122. The van der Waals surface area contributed by atoms with E-state index in [2.05, 4.69) is 4.90 Å². The Morgan fingerprint density at radius 1 is 1.03 bits per heavy atom. The van der Waals surface area contributed by atoms with Gasteiger partial charge >= 0.3 is 5.97 Å². The molecule has 2 aliphatic heterocycles. The van der Waals surface area contributed by atoms with Crippen molar-refractivity contribution in [1.29, 1.82) is 0 Å². The van der Waals surface area contributed by atoms with Gasteiger partial charge in [-0.25, -0.2) is 9.69 Å². The van der Waals surface area contributed by atoms with Crippen LogP contribution in [0.15, 0.2) is 54.6 Å². The SMILES string of the molecule is CC1CC(=O)N(c2ccccc2C(=O)OCC2CCCN(CCCCOc3ccccc3)C2)C1=O. The normalized spacial score (nSPS) is 20.8. The molecule has 2 saturated heterocycles. The number of ether oxygens (including phenoxy) is 2. The molecule has 2 unspecified atom stereocenters. The highest BCUT2D eigenvalue weighted by Gasteiger charge is 2.38. The van der Waals surface area contributed by atoms with E-state index in [1.54, 1.807) is 31.2 Å². The fourth-order valence-electron chi connectivity index (χ4n) is 4.78. The summed E-state index contributed by atoms with van der Waals surface area (Å²) in [7, 11) is 0. The van der Waals surface area contributed by atoms with Crippen LogP contribution in [-0.4, -0.2) is 55.5 Å². The van der Waals surface area contributed by atoms with E-state index in [0.29, 0.717) is 18.9 Å². The van der Waals surface area contributed by atoms with Crippen molar-refractivity contribution in [3.05, 3.63) is 60.2 Å². The van der Waals surface area contributed by atoms with Gasteiger partial charge < -0.3 is 14.4 Å². The van der Waals surface area contributed by atoms with Crippen molar-refractivity contribution in [3.8, 4) is 5.75 Å². The minimum atomic E-state index is -0.490. The molecule has 35 heavy (non-hydrogen) atoms. The van der Waals surface area contributed by atoms with Crippen LogP contribution in [0.4, 0.5) is 5.69 Å². The van der Waals surface area contributed by atoms with E-state index in [9.17, 15) is 14.4 Å². The molecule has 0 spiro atoms. The summed E-state index contributed by atoms with van der Waals surface area (Å²) < 4.78 is 11.4. The smallest absolute Gasteiger partial charge is 0.340 e. The van der Waals surface area contributed by atoms with Crippen LogP contribution in [0.5, 0.6) is 5.75 Å². The highest BCUT2D eigenvalue weighted by atomic mass is 16.5. The first kappa shape index (κ1) is 24.9. The molecule has 2 aliphatic rings. The summed E-state index contributed by atoms with van der Waals surface area (Å²) in [6, 6.07) is 16.6. The zero-order chi connectivity index (χ0) is 24.6. The third-order valence-electron chi connectivity index (χ3n) is 6.67. The van der Waals surface area contributed by atoms with Crippen LogP contribution >= 0.6 is 0 Å². The number of esters is 1. The number of likely N-dealkylation sites (tertiary alicyclic amines) is 1. The van der Waals surface area contributed by atoms with Gasteiger partial charge in [-0.2, -0.15) is 0 Å². The summed E-state index contributed by atoms with van der Waals surface area (Å²) in [5, 5.41) is 0. The predicted octanol–water partition coefficient (Wildman–Crippen LogP) is 4.31. The minimum absolute atomic E-state index is 0.165. The van der Waals surface area contributed by atoms with Crippen LogP contribution in [0.2, 0.25) is 0 Å². The molecule has 2 atom stereocenters. The van der Waals surface area contributed by atoms with E-state index in [1.165, 1.54) is 0 Å². The maximum atomic E-state index is 12.9. The van der Waals surface area contributed by atoms with Gasteiger partial charge in [-0.15, -0.1) is 0 Å². The second kappa shape index (κ2) is 12.0. The number of piperidine rings is 1. The molecule has 2 aromatic carbocycles. The monoisotopic (exact) mass is 478 g/mol. The number of nitrogens with zero attached hydrogens (tertiary/aromatic N) is 2. The van der Waals surface area contributed by atoms with E-state index >= 15 is 0 Å². The molecule has 2 aromatic rings. The third kappa shape index (κ3) is 6.48. The number of hydrogen-bond acceptors (Lipinski definition) is 6. The average molecular weight is 479 g/mol. The Morgan fingerprint density at radius 3 is 2.57 bits per heavy atom. The van der Waals surface area contributed by atoms with Gasteiger partial charge in [-0.05, 0) is 63.0 Å². The molecule has 4 rings (SSSR count). The molecule has 0 aliphatic carbocycles. The number of carbonyl (C=O) groups excluding carboxylic acids is 3. The molecular weight excluding hydrogens is 444 g/mol. The number of unbranched alkanes of at least 4 members (excludes halogenated alkanes) is 1. The number of para-hydroxylation sites is 2. The first-order valence-corrected chi connectivity index (χ1v) is 12.6. The van der Waals surface area contributed by atoms with Crippen LogP contribution in [0.1, 0.15) is 49.4 Å². The fourth-order valence-corrected chi connectivity index (χ4v) is 4.78. The van der Waals surface area contributed by atoms with Gasteiger partial charge in [0.2, 0.25) is 11.8 Å². The van der Waals surface area contributed by atoms with Gasteiger partial charge in [0.25, 0.3) is 0 Å². The molecule has 2 amide bonds. The van der Waals surface area contributed by atoms with Crippen LogP contribution < -0.4 is 9.64 Å². The van der Waals surface area contributed by atoms with Gasteiger partial charge in [0.1, 0.15) is 5.75 Å². The van der Waals surface area contributed by atoms with E-state index in [4.69, 9.17) is 9.47 Å². The van der Waals surface area contributed by atoms with E-state index in [0.717, 1.165) is 56.0 Å². The Kier molecular flexibility index (Phi) is 8.53. The Labute approximate surface area is 207 Å². The molecule has 186 valence electrons. The Hall–Kier alpha value is -3.19. The largest absolute Gasteiger partial charge is 0.494 e. The van der Waals surface area contributed by atoms with E-state index in [-0.39, 0.29) is 35.6 Å². The molecule has 0 bridgehead atoms. The molecule has 7 nitrogen and oxygen atoms in total. The zero-order valence-electron chi connectivity index (χ0n) is 20.4. The number of imide groups is 1. The number of benzene rings is 2. The van der Waals surface area contributed by atoms with Crippen LogP contribution in [-0.2, 0) is 14.3 Å². The number of anilines is 1. The van der Waals surface area contributed by atoms with Crippen molar-refractivity contribution >= 4 is 23.5 Å². The average Bonchev–Trinajstić information content (AvgIpc) is 3.14. The fraction of sp³-hybridized carbons (Fsp3) is 0.464. The number of amides is 2. The molecule has 7 heteroatoms. The molecule has 0 radical (unpaired) electrons. The lowest BCUT2D eigenvalue weighted by atomic mass is 9.98. The van der Waals surface area contributed by atoms with Crippen LogP contribution in [0, 0.1) is 11.8 Å². The second-order valence-electron chi connectivity index (χ2n) is 9.47. The Balaban J connectivity index is 1.23. The van der Waals surface area contributed by atoms with Crippen LogP contribution in [0.3, 0.4) is 0 Å². The van der Waals surface area contributed by atoms with Crippen molar-refractivity contribution in [2.24, 2.45) is 11.8 Å². The molecule has 0 aromatic heterocycles.